The van der Waals surface area contributed by atoms with E-state index in [2.05, 4.69) is 4.72 Å². The molecule has 0 spiro atoms. The third kappa shape index (κ3) is 3.86. The summed E-state index contributed by atoms with van der Waals surface area (Å²) in [7, 11) is -3.87. The maximum absolute atomic E-state index is 12.9. The maximum Gasteiger partial charge on any atom is 0.241 e. The largest absolute Gasteiger partial charge is 0.508 e. The SMILES string of the molecule is Cc1ccc(S(=O)(=O)NC(C2=CCCCC2=O)c2ccccc2O)cc1. The van der Waals surface area contributed by atoms with Gasteiger partial charge in [0.2, 0.25) is 10.0 Å². The van der Waals surface area contributed by atoms with Gasteiger partial charge in [-0.05, 0) is 38.0 Å². The molecule has 5 nitrogen and oxygen atoms in total. The van der Waals surface area contributed by atoms with Gasteiger partial charge in [0.25, 0.3) is 0 Å². The van der Waals surface area contributed by atoms with E-state index in [1.54, 1.807) is 36.4 Å². The van der Waals surface area contributed by atoms with Crippen molar-refractivity contribution in [3.8, 4) is 5.75 Å². The highest BCUT2D eigenvalue weighted by atomic mass is 32.2. The molecule has 1 aliphatic rings. The van der Waals surface area contributed by atoms with Crippen molar-refractivity contribution in [2.75, 3.05) is 0 Å². The number of sulfonamides is 1. The normalized spacial score (nSPS) is 16.2. The van der Waals surface area contributed by atoms with Crippen molar-refractivity contribution in [3.05, 3.63) is 71.3 Å². The first-order chi connectivity index (χ1) is 12.4. The predicted octanol–water partition coefficient (Wildman–Crippen LogP) is 3.40. The van der Waals surface area contributed by atoms with Crippen LogP contribution >= 0.6 is 0 Å². The van der Waals surface area contributed by atoms with Crippen LogP contribution in [-0.2, 0) is 14.8 Å². The van der Waals surface area contributed by atoms with Gasteiger partial charge in [0.05, 0.1) is 10.9 Å². The highest BCUT2D eigenvalue weighted by Gasteiger charge is 2.30. The Bertz CT molecular complexity index is 946. The Kier molecular flexibility index (Phi) is 5.25. The van der Waals surface area contributed by atoms with Crippen LogP contribution in [0.2, 0.25) is 0 Å². The van der Waals surface area contributed by atoms with Gasteiger partial charge in [-0.1, -0.05) is 42.0 Å². The van der Waals surface area contributed by atoms with Gasteiger partial charge in [0.1, 0.15) is 5.75 Å². The van der Waals surface area contributed by atoms with Crippen molar-refractivity contribution >= 4 is 15.8 Å². The lowest BCUT2D eigenvalue weighted by molar-refractivity contribution is -0.116. The van der Waals surface area contributed by atoms with Crippen molar-refractivity contribution in [3.63, 3.8) is 0 Å². The number of rotatable bonds is 5. The number of benzene rings is 2. The lowest BCUT2D eigenvalue weighted by atomic mass is 9.89. The molecule has 2 aromatic carbocycles. The van der Waals surface area contributed by atoms with Crippen LogP contribution in [-0.4, -0.2) is 19.3 Å². The fourth-order valence-corrected chi connectivity index (χ4v) is 4.22. The standard InChI is InChI=1S/C20H21NO4S/c1-14-10-12-15(13-11-14)26(24,25)21-20(16-6-2-4-8-18(16)22)17-7-3-5-9-19(17)23/h2,4,6-8,10-13,20-22H,3,5,9H2,1H3. The predicted molar refractivity (Wildman–Crippen MR) is 99.3 cm³/mol. The summed E-state index contributed by atoms with van der Waals surface area (Å²) in [4.78, 5) is 12.5. The number of aromatic hydroxyl groups is 1. The second-order valence-corrected chi connectivity index (χ2v) is 8.12. The fraction of sp³-hybridized carbons (Fsp3) is 0.250. The van der Waals surface area contributed by atoms with E-state index in [-0.39, 0.29) is 16.4 Å². The van der Waals surface area contributed by atoms with Crippen LogP contribution in [0.3, 0.4) is 0 Å². The van der Waals surface area contributed by atoms with Gasteiger partial charge in [-0.15, -0.1) is 0 Å². The zero-order valence-electron chi connectivity index (χ0n) is 14.5. The Hall–Kier alpha value is -2.44. The third-order valence-electron chi connectivity index (χ3n) is 4.46. The Labute approximate surface area is 153 Å². The second kappa shape index (κ2) is 7.43. The molecule has 6 heteroatoms. The topological polar surface area (TPSA) is 83.5 Å². The van der Waals surface area contributed by atoms with Crippen molar-refractivity contribution in [2.24, 2.45) is 0 Å². The smallest absolute Gasteiger partial charge is 0.241 e. The number of phenols is 1. The van der Waals surface area contributed by atoms with Crippen molar-refractivity contribution in [2.45, 2.75) is 37.1 Å². The molecule has 1 aliphatic carbocycles. The molecule has 0 radical (unpaired) electrons. The number of carbonyl (C=O) groups excluding carboxylic acids is 1. The number of carbonyl (C=O) groups is 1. The van der Waals surface area contributed by atoms with Crippen LogP contribution in [0, 0.1) is 6.92 Å². The number of nitrogens with one attached hydrogen (secondary N) is 1. The molecular weight excluding hydrogens is 350 g/mol. The molecule has 0 fully saturated rings. The highest BCUT2D eigenvalue weighted by Crippen LogP contribution is 2.33. The first kappa shape index (κ1) is 18.4. The molecule has 3 rings (SSSR count). The summed E-state index contributed by atoms with van der Waals surface area (Å²) in [5, 5.41) is 10.2. The first-order valence-electron chi connectivity index (χ1n) is 8.48. The van der Waals surface area contributed by atoms with Crippen LogP contribution in [0.5, 0.6) is 5.75 Å². The van der Waals surface area contributed by atoms with Crippen LogP contribution in [0.1, 0.15) is 36.4 Å². The van der Waals surface area contributed by atoms with E-state index in [9.17, 15) is 18.3 Å². The molecule has 0 saturated heterocycles. The van der Waals surface area contributed by atoms with Gasteiger partial charge in [-0.25, -0.2) is 8.42 Å². The minimum absolute atomic E-state index is 0.0524. The molecule has 1 unspecified atom stereocenters. The number of hydrogen-bond donors (Lipinski definition) is 2. The summed E-state index contributed by atoms with van der Waals surface area (Å²) in [5.41, 5.74) is 1.70. The van der Waals surface area contributed by atoms with E-state index in [0.717, 1.165) is 12.0 Å². The van der Waals surface area contributed by atoms with Crippen LogP contribution in [0.4, 0.5) is 0 Å². The van der Waals surface area contributed by atoms with E-state index < -0.39 is 16.1 Å². The third-order valence-corrected chi connectivity index (χ3v) is 5.90. The highest BCUT2D eigenvalue weighted by molar-refractivity contribution is 7.89. The van der Waals surface area contributed by atoms with Gasteiger partial charge in [0.15, 0.2) is 5.78 Å². The number of phenolic OH excluding ortho intramolecular Hbond substituents is 1. The van der Waals surface area contributed by atoms with E-state index in [1.807, 2.05) is 6.92 Å². The molecule has 2 N–H and O–H groups in total. The zero-order chi connectivity index (χ0) is 18.7. The fourth-order valence-electron chi connectivity index (χ4n) is 3.02. The van der Waals surface area contributed by atoms with Crippen molar-refractivity contribution in [1.29, 1.82) is 0 Å². The molecule has 0 saturated carbocycles. The van der Waals surface area contributed by atoms with E-state index in [1.165, 1.54) is 18.2 Å². The molecule has 1 atom stereocenters. The second-order valence-electron chi connectivity index (χ2n) is 6.40. The van der Waals surface area contributed by atoms with E-state index in [0.29, 0.717) is 24.0 Å². The van der Waals surface area contributed by atoms with Crippen LogP contribution < -0.4 is 4.72 Å². The molecule has 0 bridgehead atoms. The monoisotopic (exact) mass is 371 g/mol. The van der Waals surface area contributed by atoms with E-state index >= 15 is 0 Å². The quantitative estimate of drug-likeness (QED) is 0.844. The number of para-hydroxylation sites is 1. The lowest BCUT2D eigenvalue weighted by Gasteiger charge is -2.24. The van der Waals surface area contributed by atoms with Crippen molar-refractivity contribution < 1.29 is 18.3 Å². The Morgan fingerprint density at radius 3 is 2.42 bits per heavy atom. The molecule has 2 aromatic rings. The summed E-state index contributed by atoms with van der Waals surface area (Å²) in [6.45, 7) is 1.88. The van der Waals surface area contributed by atoms with Crippen LogP contribution in [0.15, 0.2) is 65.1 Å². The lowest BCUT2D eigenvalue weighted by Crippen LogP contribution is -2.32. The zero-order valence-corrected chi connectivity index (χ0v) is 15.3. The Morgan fingerprint density at radius 1 is 1.08 bits per heavy atom. The molecule has 136 valence electrons. The average Bonchev–Trinajstić information content (AvgIpc) is 2.61. The number of allylic oxidation sites excluding steroid dienone is 1. The Morgan fingerprint density at radius 2 is 1.77 bits per heavy atom. The summed E-state index contributed by atoms with van der Waals surface area (Å²) in [5.74, 6) is -0.153. The van der Waals surface area contributed by atoms with Gasteiger partial charge < -0.3 is 5.11 Å². The Balaban J connectivity index is 2.04. The van der Waals surface area contributed by atoms with Crippen LogP contribution in [0.25, 0.3) is 0 Å². The van der Waals surface area contributed by atoms with Gasteiger partial charge in [-0.3, -0.25) is 4.79 Å². The van der Waals surface area contributed by atoms with Gasteiger partial charge >= 0.3 is 0 Å². The molecule has 0 aromatic heterocycles. The van der Waals surface area contributed by atoms with Crippen molar-refractivity contribution in [1.82, 2.24) is 4.72 Å². The maximum atomic E-state index is 12.9. The number of hydrogen-bond acceptors (Lipinski definition) is 4. The minimum Gasteiger partial charge on any atom is -0.508 e. The molecule has 0 heterocycles. The number of Topliss-reactive ketones (excluding diaryl/α,β-unsaturated/α-hetero) is 1. The summed E-state index contributed by atoms with van der Waals surface area (Å²) in [6.07, 6.45) is 3.60. The van der Waals surface area contributed by atoms with Gasteiger partial charge in [-0.2, -0.15) is 4.72 Å². The molecule has 26 heavy (non-hydrogen) atoms. The first-order valence-corrected chi connectivity index (χ1v) is 9.97. The van der Waals surface area contributed by atoms with Gasteiger partial charge in [0, 0.05) is 17.6 Å². The summed E-state index contributed by atoms with van der Waals surface area (Å²) in [6, 6.07) is 12.0. The number of ketones is 1. The van der Waals surface area contributed by atoms with E-state index in [4.69, 9.17) is 0 Å². The summed E-state index contributed by atoms with van der Waals surface area (Å²) >= 11 is 0. The molecule has 0 aliphatic heterocycles. The number of aryl methyl sites for hydroxylation is 1. The average molecular weight is 371 g/mol. The summed E-state index contributed by atoms with van der Waals surface area (Å²) < 4.78 is 28.3. The molecule has 0 amide bonds. The minimum atomic E-state index is -3.87. The molecular formula is C20H21NO4S.